The van der Waals surface area contributed by atoms with E-state index in [-0.39, 0.29) is 30.5 Å². The maximum Gasteiger partial charge on any atom is 0.323 e. The Morgan fingerprint density at radius 3 is 2.58 bits per heavy atom. The van der Waals surface area contributed by atoms with Gasteiger partial charge in [-0.1, -0.05) is 6.92 Å². The molecule has 9 heteroatoms. The summed E-state index contributed by atoms with van der Waals surface area (Å²) in [7, 11) is 0. The Hall–Kier alpha value is -2.32. The number of nitrogens with zero attached hydrogens (tertiary/aromatic N) is 1. The van der Waals surface area contributed by atoms with Gasteiger partial charge in [0.2, 0.25) is 5.91 Å². The first kappa shape index (κ1) is 19.7. The summed E-state index contributed by atoms with van der Waals surface area (Å²) in [4.78, 5) is 41.3. The van der Waals surface area contributed by atoms with Gasteiger partial charge in [0.05, 0.1) is 23.6 Å². The average molecular weight is 357 g/mol. The highest BCUT2D eigenvalue weighted by molar-refractivity contribution is 5.96. The van der Waals surface area contributed by atoms with Gasteiger partial charge in [0.15, 0.2) is 0 Å². The number of anilines is 1. The SMILES string of the molecule is CCCN(CC(=O)O)C(C)C(=O)Nc1ccc2[nH]c(=O)[nH]c2c1.Cl. The van der Waals surface area contributed by atoms with Crippen LogP contribution in [0.4, 0.5) is 5.69 Å². The molecule has 1 aromatic carbocycles. The first-order valence-electron chi connectivity index (χ1n) is 7.39. The number of H-pyrrole nitrogens is 2. The van der Waals surface area contributed by atoms with E-state index in [1.165, 1.54) is 0 Å². The summed E-state index contributed by atoms with van der Waals surface area (Å²) in [6.07, 6.45) is 0.751. The molecule has 0 aliphatic rings. The maximum atomic E-state index is 12.3. The molecule has 8 nitrogen and oxygen atoms in total. The largest absolute Gasteiger partial charge is 0.480 e. The number of fused-ring (bicyclic) bond motifs is 1. The van der Waals surface area contributed by atoms with E-state index in [1.807, 2.05) is 6.92 Å². The van der Waals surface area contributed by atoms with Crippen molar-refractivity contribution in [3.63, 3.8) is 0 Å². The Bertz CT molecular complexity index is 770. The molecule has 1 unspecified atom stereocenters. The van der Waals surface area contributed by atoms with Crippen LogP contribution in [0.2, 0.25) is 0 Å². The van der Waals surface area contributed by atoms with Crippen LogP contribution in [0.25, 0.3) is 11.0 Å². The smallest absolute Gasteiger partial charge is 0.323 e. The number of rotatable bonds is 7. The second-order valence-electron chi connectivity index (χ2n) is 5.37. The molecule has 1 heterocycles. The van der Waals surface area contributed by atoms with Gasteiger partial charge in [-0.3, -0.25) is 14.5 Å². The van der Waals surface area contributed by atoms with Crippen molar-refractivity contribution in [2.24, 2.45) is 0 Å². The molecule has 0 spiro atoms. The molecule has 0 fully saturated rings. The molecule has 0 aliphatic heterocycles. The monoisotopic (exact) mass is 356 g/mol. The number of amides is 1. The maximum absolute atomic E-state index is 12.3. The molecule has 4 N–H and O–H groups in total. The molecule has 0 saturated carbocycles. The second-order valence-corrected chi connectivity index (χ2v) is 5.37. The topological polar surface area (TPSA) is 118 Å². The lowest BCUT2D eigenvalue weighted by Gasteiger charge is -2.26. The number of aliphatic carboxylic acids is 1. The standard InChI is InChI=1S/C15H20N4O4.ClH/c1-3-6-19(8-13(20)21)9(2)14(22)16-10-4-5-11-12(7-10)18-15(23)17-11;/h4-5,7,9H,3,6,8H2,1-2H3,(H,16,22)(H,20,21)(H2,17,18,23);1H. The van der Waals surface area contributed by atoms with E-state index in [4.69, 9.17) is 5.11 Å². The van der Waals surface area contributed by atoms with E-state index in [2.05, 4.69) is 15.3 Å². The molecule has 0 bridgehead atoms. The lowest BCUT2D eigenvalue weighted by atomic mass is 10.2. The molecule has 0 aliphatic carbocycles. The van der Waals surface area contributed by atoms with Crippen LogP contribution in [0, 0.1) is 0 Å². The Kier molecular flexibility index (Phi) is 6.99. The summed E-state index contributed by atoms with van der Waals surface area (Å²) in [5.74, 6) is -1.26. The summed E-state index contributed by atoms with van der Waals surface area (Å²) in [6, 6.07) is 4.44. The lowest BCUT2D eigenvalue weighted by molar-refractivity contribution is -0.139. The van der Waals surface area contributed by atoms with Crippen LogP contribution < -0.4 is 11.0 Å². The number of carbonyl (C=O) groups is 2. The highest BCUT2D eigenvalue weighted by Gasteiger charge is 2.22. The summed E-state index contributed by atoms with van der Waals surface area (Å²) < 4.78 is 0. The fourth-order valence-corrected chi connectivity index (χ4v) is 2.39. The average Bonchev–Trinajstić information content (AvgIpc) is 2.84. The molecule has 1 atom stereocenters. The van der Waals surface area contributed by atoms with Crippen molar-refractivity contribution in [2.75, 3.05) is 18.4 Å². The van der Waals surface area contributed by atoms with Crippen molar-refractivity contribution < 1.29 is 14.7 Å². The van der Waals surface area contributed by atoms with Crippen LogP contribution in [0.5, 0.6) is 0 Å². The number of hydrogen-bond acceptors (Lipinski definition) is 4. The minimum atomic E-state index is -0.968. The van der Waals surface area contributed by atoms with Crippen molar-refractivity contribution >= 4 is 41.0 Å². The van der Waals surface area contributed by atoms with Crippen molar-refractivity contribution in [1.29, 1.82) is 0 Å². The van der Waals surface area contributed by atoms with Crippen molar-refractivity contribution in [3.05, 3.63) is 28.7 Å². The molecular formula is C15H21ClN4O4. The van der Waals surface area contributed by atoms with E-state index in [0.29, 0.717) is 23.3 Å². The number of carboxylic acids is 1. The zero-order valence-electron chi connectivity index (χ0n) is 13.5. The van der Waals surface area contributed by atoms with Gasteiger partial charge in [-0.05, 0) is 38.1 Å². The van der Waals surface area contributed by atoms with Crippen LogP contribution in [-0.4, -0.2) is 51.0 Å². The number of benzene rings is 1. The van der Waals surface area contributed by atoms with E-state index in [0.717, 1.165) is 6.42 Å². The third-order valence-electron chi connectivity index (χ3n) is 3.56. The minimum absolute atomic E-state index is 0. The number of halogens is 1. The Morgan fingerprint density at radius 2 is 1.96 bits per heavy atom. The van der Waals surface area contributed by atoms with Gasteiger partial charge < -0.3 is 20.4 Å². The van der Waals surface area contributed by atoms with Crippen LogP contribution >= 0.6 is 12.4 Å². The van der Waals surface area contributed by atoms with E-state index >= 15 is 0 Å². The third-order valence-corrected chi connectivity index (χ3v) is 3.56. The summed E-state index contributed by atoms with van der Waals surface area (Å²) in [6.45, 7) is 3.93. The van der Waals surface area contributed by atoms with Crippen LogP contribution in [0.3, 0.4) is 0 Å². The number of imidazole rings is 1. The van der Waals surface area contributed by atoms with Gasteiger partial charge in [-0.15, -0.1) is 12.4 Å². The zero-order chi connectivity index (χ0) is 17.0. The summed E-state index contributed by atoms with van der Waals surface area (Å²) >= 11 is 0. The summed E-state index contributed by atoms with van der Waals surface area (Å²) in [5.41, 5.74) is 1.47. The number of nitrogens with one attached hydrogen (secondary N) is 3. The molecule has 24 heavy (non-hydrogen) atoms. The fourth-order valence-electron chi connectivity index (χ4n) is 2.39. The van der Waals surface area contributed by atoms with Crippen molar-refractivity contribution in [3.8, 4) is 0 Å². The van der Waals surface area contributed by atoms with Gasteiger partial charge in [0, 0.05) is 5.69 Å². The normalized spacial score (nSPS) is 12.0. The second kappa shape index (κ2) is 8.51. The Balaban J connectivity index is 0.00000288. The molecular weight excluding hydrogens is 336 g/mol. The van der Waals surface area contributed by atoms with Crippen LogP contribution in [0.1, 0.15) is 20.3 Å². The Morgan fingerprint density at radius 1 is 1.29 bits per heavy atom. The molecule has 0 radical (unpaired) electrons. The van der Waals surface area contributed by atoms with E-state index < -0.39 is 12.0 Å². The van der Waals surface area contributed by atoms with Gasteiger partial charge in [0.1, 0.15) is 0 Å². The van der Waals surface area contributed by atoms with Crippen molar-refractivity contribution in [1.82, 2.24) is 14.9 Å². The van der Waals surface area contributed by atoms with Crippen LogP contribution in [0.15, 0.2) is 23.0 Å². The van der Waals surface area contributed by atoms with Gasteiger partial charge in [-0.25, -0.2) is 4.79 Å². The number of carbonyl (C=O) groups excluding carboxylic acids is 1. The van der Waals surface area contributed by atoms with Crippen LogP contribution in [-0.2, 0) is 9.59 Å². The predicted molar refractivity (Wildman–Crippen MR) is 93.8 cm³/mol. The van der Waals surface area contributed by atoms with Gasteiger partial charge >= 0.3 is 11.7 Å². The fraction of sp³-hybridized carbons (Fsp3) is 0.400. The van der Waals surface area contributed by atoms with E-state index in [1.54, 1.807) is 30.0 Å². The number of carboxylic acid groups (broad SMARTS) is 1. The summed E-state index contributed by atoms with van der Waals surface area (Å²) in [5, 5.41) is 11.7. The molecule has 2 rings (SSSR count). The lowest BCUT2D eigenvalue weighted by Crippen LogP contribution is -2.44. The Labute approximate surface area is 144 Å². The predicted octanol–water partition coefficient (Wildman–Crippen LogP) is 1.40. The van der Waals surface area contributed by atoms with Crippen molar-refractivity contribution in [2.45, 2.75) is 26.3 Å². The van der Waals surface area contributed by atoms with Gasteiger partial charge in [-0.2, -0.15) is 0 Å². The molecule has 1 aromatic heterocycles. The highest BCUT2D eigenvalue weighted by Crippen LogP contribution is 2.15. The number of aromatic nitrogens is 2. The quantitative estimate of drug-likeness (QED) is 0.598. The molecule has 0 saturated heterocycles. The molecule has 132 valence electrons. The number of aromatic amines is 2. The molecule has 1 amide bonds. The first-order chi connectivity index (χ1) is 10.9. The zero-order valence-corrected chi connectivity index (χ0v) is 14.3. The molecule has 2 aromatic rings. The minimum Gasteiger partial charge on any atom is -0.480 e. The number of hydrogen-bond donors (Lipinski definition) is 4. The first-order valence-corrected chi connectivity index (χ1v) is 7.39. The highest BCUT2D eigenvalue weighted by atomic mass is 35.5. The third kappa shape index (κ3) is 4.84. The van der Waals surface area contributed by atoms with E-state index in [9.17, 15) is 14.4 Å². The van der Waals surface area contributed by atoms with Gasteiger partial charge in [0.25, 0.3) is 0 Å².